The van der Waals surface area contributed by atoms with Gasteiger partial charge in [-0.25, -0.2) is 0 Å². The molecular formula is C15H22ClN2O2+. The lowest BCUT2D eigenvalue weighted by Crippen LogP contribution is -3.13. The standard InChI is InChI=1S/C15H21ClN2O2/c16-13-2-4-14(5-3-13)20-11-1-8-18-9-6-12(7-10-18)15(17)19/h2-5,12H,1,6-11H2,(H2,17,19)/p+1. The Morgan fingerprint density at radius 3 is 2.55 bits per heavy atom. The number of hydrogen-bond donors (Lipinski definition) is 2. The fourth-order valence-electron chi connectivity index (χ4n) is 2.60. The minimum absolute atomic E-state index is 0.0871. The first-order valence-electron chi connectivity index (χ1n) is 7.16. The average molecular weight is 298 g/mol. The van der Waals surface area contributed by atoms with Crippen LogP contribution in [-0.2, 0) is 4.79 Å². The fourth-order valence-corrected chi connectivity index (χ4v) is 2.73. The van der Waals surface area contributed by atoms with E-state index in [2.05, 4.69) is 0 Å². The highest BCUT2D eigenvalue weighted by molar-refractivity contribution is 6.30. The van der Waals surface area contributed by atoms with E-state index in [1.165, 1.54) is 0 Å². The Hall–Kier alpha value is -1.26. The van der Waals surface area contributed by atoms with Crippen LogP contribution in [-0.4, -0.2) is 32.1 Å². The number of hydrogen-bond acceptors (Lipinski definition) is 2. The quantitative estimate of drug-likeness (QED) is 0.766. The summed E-state index contributed by atoms with van der Waals surface area (Å²) in [7, 11) is 0. The molecule has 3 N–H and O–H groups in total. The predicted molar refractivity (Wildman–Crippen MR) is 79.0 cm³/mol. The summed E-state index contributed by atoms with van der Waals surface area (Å²) in [5.41, 5.74) is 5.33. The van der Waals surface area contributed by atoms with Crippen molar-refractivity contribution in [1.82, 2.24) is 0 Å². The van der Waals surface area contributed by atoms with Gasteiger partial charge in [0.1, 0.15) is 5.75 Å². The molecule has 1 aromatic carbocycles. The molecule has 5 heteroatoms. The molecule has 1 heterocycles. The van der Waals surface area contributed by atoms with Crippen molar-refractivity contribution >= 4 is 17.5 Å². The Morgan fingerprint density at radius 1 is 1.30 bits per heavy atom. The van der Waals surface area contributed by atoms with Crippen LogP contribution in [0.15, 0.2) is 24.3 Å². The zero-order valence-corrected chi connectivity index (χ0v) is 12.4. The van der Waals surface area contributed by atoms with Gasteiger partial charge in [-0.2, -0.15) is 0 Å². The first-order valence-corrected chi connectivity index (χ1v) is 7.54. The van der Waals surface area contributed by atoms with Gasteiger partial charge in [-0.15, -0.1) is 0 Å². The number of amides is 1. The van der Waals surface area contributed by atoms with Gasteiger partial charge in [-0.05, 0) is 24.3 Å². The third-order valence-corrected chi connectivity index (χ3v) is 4.10. The summed E-state index contributed by atoms with van der Waals surface area (Å²) in [6, 6.07) is 7.43. The van der Waals surface area contributed by atoms with Gasteiger partial charge in [0.15, 0.2) is 0 Å². The van der Waals surface area contributed by atoms with Crippen LogP contribution in [0.4, 0.5) is 0 Å². The summed E-state index contributed by atoms with van der Waals surface area (Å²) in [6.45, 7) is 3.87. The lowest BCUT2D eigenvalue weighted by Gasteiger charge is -2.27. The van der Waals surface area contributed by atoms with E-state index in [-0.39, 0.29) is 11.8 Å². The zero-order valence-electron chi connectivity index (χ0n) is 11.6. The molecule has 1 amide bonds. The Balaban J connectivity index is 1.60. The van der Waals surface area contributed by atoms with E-state index < -0.39 is 0 Å². The maximum atomic E-state index is 11.1. The van der Waals surface area contributed by atoms with Crippen LogP contribution >= 0.6 is 11.6 Å². The minimum Gasteiger partial charge on any atom is -0.493 e. The molecule has 0 bridgehead atoms. The van der Waals surface area contributed by atoms with Crippen LogP contribution in [0.5, 0.6) is 5.75 Å². The molecule has 0 aliphatic carbocycles. The minimum atomic E-state index is -0.143. The maximum Gasteiger partial charge on any atom is 0.220 e. The van der Waals surface area contributed by atoms with Crippen molar-refractivity contribution in [3.8, 4) is 5.75 Å². The molecule has 1 aromatic rings. The molecule has 0 aromatic heterocycles. The number of piperidine rings is 1. The summed E-state index contributed by atoms with van der Waals surface area (Å²) >= 11 is 5.82. The van der Waals surface area contributed by atoms with E-state index in [0.717, 1.165) is 49.7 Å². The van der Waals surface area contributed by atoms with E-state index in [4.69, 9.17) is 22.1 Å². The number of carbonyl (C=O) groups is 1. The molecule has 0 unspecified atom stereocenters. The number of benzene rings is 1. The molecule has 110 valence electrons. The molecule has 1 aliphatic heterocycles. The second kappa shape index (κ2) is 7.50. The third-order valence-electron chi connectivity index (χ3n) is 3.85. The van der Waals surface area contributed by atoms with Crippen LogP contribution in [0.3, 0.4) is 0 Å². The van der Waals surface area contributed by atoms with Gasteiger partial charge >= 0.3 is 0 Å². The van der Waals surface area contributed by atoms with Crippen molar-refractivity contribution in [2.45, 2.75) is 19.3 Å². The van der Waals surface area contributed by atoms with Gasteiger partial charge in [0.25, 0.3) is 0 Å². The SMILES string of the molecule is NC(=O)C1CC[NH+](CCCOc2ccc(Cl)cc2)CC1. The van der Waals surface area contributed by atoms with Crippen molar-refractivity contribution < 1.29 is 14.4 Å². The predicted octanol–water partition coefficient (Wildman–Crippen LogP) is 0.889. The summed E-state index contributed by atoms with van der Waals surface area (Å²) < 4.78 is 5.67. The molecule has 2 rings (SSSR count). The molecule has 0 saturated carbocycles. The topological polar surface area (TPSA) is 56.8 Å². The lowest BCUT2D eigenvalue weighted by atomic mass is 9.96. The zero-order chi connectivity index (χ0) is 14.4. The van der Waals surface area contributed by atoms with Crippen LogP contribution in [0.2, 0.25) is 5.02 Å². The number of ether oxygens (including phenoxy) is 1. The van der Waals surface area contributed by atoms with Crippen molar-refractivity contribution in [3.63, 3.8) is 0 Å². The van der Waals surface area contributed by atoms with Gasteiger partial charge in [0.2, 0.25) is 5.91 Å². The normalized spacial score (nSPS) is 22.4. The lowest BCUT2D eigenvalue weighted by molar-refractivity contribution is -0.906. The highest BCUT2D eigenvalue weighted by Crippen LogP contribution is 2.15. The molecule has 0 radical (unpaired) electrons. The summed E-state index contributed by atoms with van der Waals surface area (Å²) in [4.78, 5) is 12.6. The van der Waals surface area contributed by atoms with E-state index in [1.807, 2.05) is 24.3 Å². The number of nitrogens with one attached hydrogen (secondary N) is 1. The first kappa shape index (κ1) is 15.1. The maximum absolute atomic E-state index is 11.1. The fraction of sp³-hybridized carbons (Fsp3) is 0.533. The van der Waals surface area contributed by atoms with Gasteiger partial charge in [0.05, 0.1) is 26.2 Å². The number of halogens is 1. The van der Waals surface area contributed by atoms with Crippen molar-refractivity contribution in [3.05, 3.63) is 29.3 Å². The number of rotatable bonds is 6. The molecule has 0 spiro atoms. The molecule has 1 aliphatic rings. The average Bonchev–Trinajstić information content (AvgIpc) is 2.46. The van der Waals surface area contributed by atoms with E-state index in [0.29, 0.717) is 6.61 Å². The van der Waals surface area contributed by atoms with Gasteiger partial charge < -0.3 is 15.4 Å². The molecule has 1 saturated heterocycles. The number of carbonyl (C=O) groups excluding carboxylic acids is 1. The second-order valence-electron chi connectivity index (χ2n) is 5.33. The van der Waals surface area contributed by atoms with Gasteiger partial charge in [-0.3, -0.25) is 4.79 Å². The third kappa shape index (κ3) is 4.69. The smallest absolute Gasteiger partial charge is 0.220 e. The van der Waals surface area contributed by atoms with Gasteiger partial charge in [0, 0.05) is 30.2 Å². The summed E-state index contributed by atoms with van der Waals surface area (Å²) in [5, 5.41) is 0.721. The van der Waals surface area contributed by atoms with E-state index >= 15 is 0 Å². The number of quaternary nitrogens is 1. The number of primary amides is 1. The van der Waals surface area contributed by atoms with E-state index in [9.17, 15) is 4.79 Å². The largest absolute Gasteiger partial charge is 0.493 e. The van der Waals surface area contributed by atoms with Crippen LogP contribution in [0.1, 0.15) is 19.3 Å². The number of nitrogens with two attached hydrogens (primary N) is 1. The molecule has 1 fully saturated rings. The Labute approximate surface area is 124 Å². The molecular weight excluding hydrogens is 276 g/mol. The van der Waals surface area contributed by atoms with Crippen molar-refractivity contribution in [1.29, 1.82) is 0 Å². The highest BCUT2D eigenvalue weighted by atomic mass is 35.5. The monoisotopic (exact) mass is 297 g/mol. The van der Waals surface area contributed by atoms with Crippen LogP contribution in [0, 0.1) is 5.92 Å². The molecule has 0 atom stereocenters. The van der Waals surface area contributed by atoms with E-state index in [1.54, 1.807) is 4.90 Å². The Morgan fingerprint density at radius 2 is 1.95 bits per heavy atom. The summed E-state index contributed by atoms with van der Waals surface area (Å²) in [6.07, 6.45) is 2.85. The summed E-state index contributed by atoms with van der Waals surface area (Å²) in [5.74, 6) is 0.802. The Kier molecular flexibility index (Phi) is 5.68. The van der Waals surface area contributed by atoms with Crippen LogP contribution < -0.4 is 15.4 Å². The van der Waals surface area contributed by atoms with Crippen LogP contribution in [0.25, 0.3) is 0 Å². The number of likely N-dealkylation sites (tertiary alicyclic amines) is 1. The van der Waals surface area contributed by atoms with Crippen molar-refractivity contribution in [2.75, 3.05) is 26.2 Å². The molecule has 4 nitrogen and oxygen atoms in total. The Bertz CT molecular complexity index is 428. The first-order chi connectivity index (χ1) is 9.65. The van der Waals surface area contributed by atoms with Gasteiger partial charge in [-0.1, -0.05) is 11.6 Å². The molecule has 20 heavy (non-hydrogen) atoms. The second-order valence-corrected chi connectivity index (χ2v) is 5.77. The highest BCUT2D eigenvalue weighted by Gasteiger charge is 2.25. The van der Waals surface area contributed by atoms with Crippen molar-refractivity contribution in [2.24, 2.45) is 11.7 Å².